The van der Waals surface area contributed by atoms with Crippen LogP contribution in [-0.2, 0) is 45.1 Å². The number of rotatable bonds is 7. The summed E-state index contributed by atoms with van der Waals surface area (Å²) in [5, 5.41) is 3.15. The summed E-state index contributed by atoms with van der Waals surface area (Å²) >= 11 is 0. The van der Waals surface area contributed by atoms with Crippen molar-refractivity contribution in [2.75, 3.05) is 0 Å². The molecule has 158 valence electrons. The molecular formula is C28H41N. The van der Waals surface area contributed by atoms with Crippen molar-refractivity contribution < 1.29 is 0 Å². The van der Waals surface area contributed by atoms with Crippen LogP contribution < -0.4 is 0 Å². The Hall–Kier alpha value is -1.76. The number of benzene rings is 2. The van der Waals surface area contributed by atoms with Gasteiger partial charge in [-0.2, -0.15) is 0 Å². The minimum atomic E-state index is 1.05. The Morgan fingerprint density at radius 3 is 1.00 bits per heavy atom. The quantitative estimate of drug-likeness (QED) is 0.387. The van der Waals surface area contributed by atoms with Crippen molar-refractivity contribution in [3.8, 4) is 0 Å². The minimum Gasteiger partial charge on any atom is -0.340 e. The van der Waals surface area contributed by atoms with Crippen molar-refractivity contribution in [3.63, 3.8) is 0 Å². The molecule has 0 aliphatic heterocycles. The van der Waals surface area contributed by atoms with E-state index in [0.717, 1.165) is 45.1 Å². The molecule has 0 aliphatic rings. The third-order valence-electron chi connectivity index (χ3n) is 7.42. The maximum Gasteiger partial charge on any atom is 0.0529 e. The largest absolute Gasteiger partial charge is 0.340 e. The fourth-order valence-corrected chi connectivity index (χ4v) is 6.23. The maximum atomic E-state index is 2.69. The first-order valence-corrected chi connectivity index (χ1v) is 12.1. The molecule has 0 amide bonds. The molecule has 2 aromatic carbocycles. The summed E-state index contributed by atoms with van der Waals surface area (Å²) < 4.78 is 2.69. The predicted molar refractivity (Wildman–Crippen MR) is 131 cm³/mol. The van der Waals surface area contributed by atoms with Crippen LogP contribution in [0.3, 0.4) is 0 Å². The minimum absolute atomic E-state index is 1.05. The highest BCUT2D eigenvalue weighted by atomic mass is 15.0. The van der Waals surface area contributed by atoms with Crippen LogP contribution in [0.4, 0.5) is 0 Å². The fourth-order valence-electron chi connectivity index (χ4n) is 6.23. The summed E-state index contributed by atoms with van der Waals surface area (Å²) in [5.74, 6) is 0. The van der Waals surface area contributed by atoms with E-state index in [1.54, 1.807) is 66.3 Å². The van der Waals surface area contributed by atoms with Gasteiger partial charge in [0.2, 0.25) is 0 Å². The molecule has 0 unspecified atom stereocenters. The Balaban J connectivity index is 2.83. The van der Waals surface area contributed by atoms with Gasteiger partial charge in [-0.05, 0) is 104 Å². The number of hydrogen-bond donors (Lipinski definition) is 0. The van der Waals surface area contributed by atoms with E-state index < -0.39 is 0 Å². The summed E-state index contributed by atoms with van der Waals surface area (Å²) in [7, 11) is 0. The molecule has 0 saturated heterocycles. The van der Waals surface area contributed by atoms with E-state index in [1.807, 2.05) is 0 Å². The Kier molecular flexibility index (Phi) is 6.46. The molecule has 0 N–H and O–H groups in total. The van der Waals surface area contributed by atoms with Gasteiger partial charge in [0.05, 0.1) is 11.0 Å². The molecule has 1 heteroatoms. The normalized spacial score (nSPS) is 11.9. The van der Waals surface area contributed by atoms with Gasteiger partial charge in [-0.3, -0.25) is 0 Å². The highest BCUT2D eigenvalue weighted by Gasteiger charge is 2.26. The van der Waals surface area contributed by atoms with Crippen molar-refractivity contribution in [1.29, 1.82) is 0 Å². The van der Waals surface area contributed by atoms with Crippen LogP contribution >= 0.6 is 0 Å². The second-order valence-electron chi connectivity index (χ2n) is 8.43. The van der Waals surface area contributed by atoms with Gasteiger partial charge in [-0.1, -0.05) is 41.5 Å². The van der Waals surface area contributed by atoms with Gasteiger partial charge in [0, 0.05) is 17.3 Å². The van der Waals surface area contributed by atoms with Crippen LogP contribution in [0.25, 0.3) is 21.8 Å². The number of nitrogens with zero attached hydrogens (tertiary/aromatic N) is 1. The van der Waals surface area contributed by atoms with E-state index in [0.29, 0.717) is 0 Å². The zero-order valence-electron chi connectivity index (χ0n) is 20.4. The Labute approximate surface area is 178 Å². The van der Waals surface area contributed by atoms with Crippen molar-refractivity contribution in [2.24, 2.45) is 0 Å². The number of fused-ring (bicyclic) bond motifs is 3. The molecule has 0 saturated carbocycles. The van der Waals surface area contributed by atoms with Crippen LogP contribution in [-0.4, -0.2) is 4.57 Å². The molecule has 1 heterocycles. The molecule has 0 atom stereocenters. The van der Waals surface area contributed by atoms with Gasteiger partial charge < -0.3 is 4.57 Å². The second kappa shape index (κ2) is 8.54. The molecule has 29 heavy (non-hydrogen) atoms. The summed E-state index contributed by atoms with van der Waals surface area (Å²) in [6.07, 6.45) is 6.71. The topological polar surface area (TPSA) is 4.93 Å². The molecule has 3 aromatic rings. The first kappa shape index (κ1) is 21.9. The van der Waals surface area contributed by atoms with Gasteiger partial charge in [-0.25, -0.2) is 0 Å². The van der Waals surface area contributed by atoms with Crippen LogP contribution in [0.5, 0.6) is 0 Å². The predicted octanol–water partition coefficient (Wildman–Crippen LogP) is 7.81. The van der Waals surface area contributed by atoms with E-state index in [4.69, 9.17) is 0 Å². The number of aryl methyl sites for hydroxylation is 5. The van der Waals surface area contributed by atoms with E-state index in [2.05, 4.69) is 66.9 Å². The lowest BCUT2D eigenvalue weighted by Crippen LogP contribution is -2.06. The van der Waals surface area contributed by atoms with Gasteiger partial charge in [0.25, 0.3) is 0 Å². The highest BCUT2D eigenvalue weighted by molar-refractivity contribution is 6.14. The van der Waals surface area contributed by atoms with Gasteiger partial charge in [0.1, 0.15) is 0 Å². The van der Waals surface area contributed by atoms with E-state index in [1.165, 1.54) is 0 Å². The van der Waals surface area contributed by atoms with Gasteiger partial charge in [0.15, 0.2) is 0 Å². The van der Waals surface area contributed by atoms with Crippen LogP contribution in [0, 0.1) is 13.8 Å². The van der Waals surface area contributed by atoms with Crippen LogP contribution in [0.15, 0.2) is 0 Å². The molecule has 0 aliphatic carbocycles. The average molecular weight is 392 g/mol. The van der Waals surface area contributed by atoms with E-state index >= 15 is 0 Å². The Bertz CT molecular complexity index is 979. The van der Waals surface area contributed by atoms with E-state index in [9.17, 15) is 0 Å². The second-order valence-corrected chi connectivity index (χ2v) is 8.43. The molecule has 0 fully saturated rings. The molecule has 0 bridgehead atoms. The van der Waals surface area contributed by atoms with Crippen molar-refractivity contribution in [2.45, 2.75) is 107 Å². The third-order valence-corrected chi connectivity index (χ3v) is 7.42. The van der Waals surface area contributed by atoms with Crippen molar-refractivity contribution in [3.05, 3.63) is 44.5 Å². The van der Waals surface area contributed by atoms with Crippen LogP contribution in [0.1, 0.15) is 93.0 Å². The first-order chi connectivity index (χ1) is 14.0. The monoisotopic (exact) mass is 391 g/mol. The number of aromatic nitrogens is 1. The molecule has 1 aromatic heterocycles. The van der Waals surface area contributed by atoms with Gasteiger partial charge >= 0.3 is 0 Å². The Morgan fingerprint density at radius 2 is 0.759 bits per heavy atom. The summed E-state index contributed by atoms with van der Waals surface area (Å²) in [6.45, 7) is 22.2. The molecule has 0 spiro atoms. The van der Waals surface area contributed by atoms with Crippen LogP contribution in [0.2, 0.25) is 0 Å². The number of hydrogen-bond acceptors (Lipinski definition) is 0. The molecule has 3 rings (SSSR count). The van der Waals surface area contributed by atoms with Gasteiger partial charge in [-0.15, -0.1) is 0 Å². The molecular weight excluding hydrogens is 350 g/mol. The highest BCUT2D eigenvalue weighted by Crippen LogP contribution is 2.43. The summed E-state index contributed by atoms with van der Waals surface area (Å²) in [4.78, 5) is 0. The Morgan fingerprint density at radius 1 is 0.448 bits per heavy atom. The SMILES string of the molecule is CCc1c(C)c(CC)c2c3c(CC)c(C)c(CC)c(CC)c3n(CC)c2c1CC. The molecule has 0 radical (unpaired) electrons. The summed E-state index contributed by atoms with van der Waals surface area (Å²) in [5.41, 5.74) is 15.7. The molecule has 1 nitrogen and oxygen atoms in total. The average Bonchev–Trinajstić information content (AvgIpc) is 3.06. The van der Waals surface area contributed by atoms with E-state index in [-0.39, 0.29) is 0 Å². The lowest BCUT2D eigenvalue weighted by atomic mass is 9.85. The summed E-state index contributed by atoms with van der Waals surface area (Å²) in [6, 6.07) is 0. The van der Waals surface area contributed by atoms with Crippen molar-refractivity contribution >= 4 is 21.8 Å². The fraction of sp³-hybridized carbons (Fsp3) is 0.571. The zero-order chi connectivity index (χ0) is 21.5. The lowest BCUT2D eigenvalue weighted by molar-refractivity contribution is 0.811. The maximum absolute atomic E-state index is 2.69. The zero-order valence-corrected chi connectivity index (χ0v) is 20.4. The third kappa shape index (κ3) is 2.95. The first-order valence-electron chi connectivity index (χ1n) is 12.1. The smallest absolute Gasteiger partial charge is 0.0529 e. The standard InChI is InChI=1S/C28H41N/c1-10-19-17(8)21(12-3)25-26-22(13-4)18(9)20(11-2)24(15-6)28(26)29(16-7)27(25)23(19)14-5/h10-16H2,1-9H3. The van der Waals surface area contributed by atoms with Crippen molar-refractivity contribution in [1.82, 2.24) is 4.57 Å². The lowest BCUT2D eigenvalue weighted by Gasteiger charge is -2.19.